The van der Waals surface area contributed by atoms with Crippen molar-refractivity contribution in [2.24, 2.45) is 0 Å². The summed E-state index contributed by atoms with van der Waals surface area (Å²) in [6.07, 6.45) is 0. The Labute approximate surface area is 186 Å². The molecule has 4 aromatic rings. The summed E-state index contributed by atoms with van der Waals surface area (Å²) in [7, 11) is 2.56. The van der Waals surface area contributed by atoms with Crippen molar-refractivity contribution in [1.29, 1.82) is 0 Å². The number of carbonyl (C=O) groups is 2. The molecule has 0 fully saturated rings. The molecular formula is C20H12F2O4S4. The molecule has 10 heteroatoms. The minimum atomic E-state index is -0.578. The molecule has 0 saturated carbocycles. The minimum absolute atomic E-state index is 0.138. The fourth-order valence-electron chi connectivity index (χ4n) is 2.81. The zero-order valence-electron chi connectivity index (χ0n) is 15.5. The Kier molecular flexibility index (Phi) is 5.83. The highest BCUT2D eigenvalue weighted by Crippen LogP contribution is 2.46. The second kappa shape index (κ2) is 8.38. The van der Waals surface area contributed by atoms with Crippen LogP contribution in [0.3, 0.4) is 0 Å². The molecule has 0 N–H and O–H groups in total. The Morgan fingerprint density at radius 3 is 1.50 bits per heavy atom. The summed E-state index contributed by atoms with van der Waals surface area (Å²) in [5.74, 6) is -2.18. The molecule has 4 rings (SSSR count). The predicted molar refractivity (Wildman–Crippen MR) is 117 cm³/mol. The third-order valence-electron chi connectivity index (χ3n) is 4.17. The molecule has 0 saturated heterocycles. The van der Waals surface area contributed by atoms with Gasteiger partial charge in [0.2, 0.25) is 0 Å². The number of ether oxygens (including phenoxy) is 2. The van der Waals surface area contributed by atoms with E-state index in [0.717, 1.165) is 22.7 Å². The molecule has 0 aliphatic carbocycles. The van der Waals surface area contributed by atoms with Crippen molar-refractivity contribution < 1.29 is 27.8 Å². The average Bonchev–Trinajstić information content (AvgIpc) is 3.51. The van der Waals surface area contributed by atoms with Crippen LogP contribution in [0.1, 0.15) is 20.7 Å². The standard InChI is InChI=1S/C20H12F2O4S4/c1-25-19(23)9-3-5-27-15(9)13-7-11(21)17(29-13)18-12(22)8-14(30-18)16-10(4-6-28-16)20(24)26-2/h3-8H,1-2H3. The lowest BCUT2D eigenvalue weighted by atomic mass is 10.2. The van der Waals surface area contributed by atoms with E-state index in [9.17, 15) is 18.4 Å². The van der Waals surface area contributed by atoms with E-state index in [-0.39, 0.29) is 9.75 Å². The number of halogens is 2. The fourth-order valence-corrected chi connectivity index (χ4v) is 7.05. The first kappa shape index (κ1) is 20.9. The number of hydrogen-bond acceptors (Lipinski definition) is 8. The van der Waals surface area contributed by atoms with Gasteiger partial charge in [-0.15, -0.1) is 45.3 Å². The Bertz CT molecular complexity index is 1150. The molecule has 0 aromatic carbocycles. The second-order valence-corrected chi connectivity index (χ2v) is 9.82. The van der Waals surface area contributed by atoms with E-state index in [1.54, 1.807) is 22.9 Å². The van der Waals surface area contributed by atoms with Crippen molar-refractivity contribution in [3.8, 4) is 29.3 Å². The normalized spacial score (nSPS) is 10.9. The van der Waals surface area contributed by atoms with Crippen LogP contribution in [0.2, 0.25) is 0 Å². The maximum absolute atomic E-state index is 14.8. The van der Waals surface area contributed by atoms with Crippen molar-refractivity contribution in [3.05, 3.63) is 57.8 Å². The summed E-state index contributed by atoms with van der Waals surface area (Å²) in [5.41, 5.74) is 0.674. The van der Waals surface area contributed by atoms with Gasteiger partial charge in [0.25, 0.3) is 0 Å². The zero-order valence-corrected chi connectivity index (χ0v) is 18.8. The summed E-state index contributed by atoms with van der Waals surface area (Å²) in [5, 5.41) is 3.43. The Morgan fingerprint density at radius 2 is 1.13 bits per heavy atom. The smallest absolute Gasteiger partial charge is 0.339 e. The van der Waals surface area contributed by atoms with Gasteiger partial charge in [-0.1, -0.05) is 0 Å². The maximum Gasteiger partial charge on any atom is 0.339 e. The first-order chi connectivity index (χ1) is 14.4. The summed E-state index contributed by atoms with van der Waals surface area (Å²) < 4.78 is 39.1. The summed E-state index contributed by atoms with van der Waals surface area (Å²) in [6.45, 7) is 0. The highest BCUT2D eigenvalue weighted by molar-refractivity contribution is 7.28. The van der Waals surface area contributed by atoms with E-state index in [1.165, 1.54) is 49.0 Å². The molecule has 0 spiro atoms. The van der Waals surface area contributed by atoms with Crippen LogP contribution < -0.4 is 0 Å². The predicted octanol–water partition coefficient (Wildman–Crippen LogP) is 6.79. The molecule has 0 aliphatic heterocycles. The fraction of sp³-hybridized carbons (Fsp3) is 0.100. The van der Waals surface area contributed by atoms with Gasteiger partial charge in [0.1, 0.15) is 11.6 Å². The molecule has 4 nitrogen and oxygen atoms in total. The van der Waals surface area contributed by atoms with Gasteiger partial charge in [-0.05, 0) is 35.0 Å². The number of hydrogen-bond donors (Lipinski definition) is 0. The van der Waals surface area contributed by atoms with Crippen LogP contribution in [0, 0.1) is 11.6 Å². The summed E-state index contributed by atoms with van der Waals surface area (Å²) in [6, 6.07) is 5.81. The van der Waals surface area contributed by atoms with Gasteiger partial charge < -0.3 is 9.47 Å². The quantitative estimate of drug-likeness (QED) is 0.294. The molecule has 4 heterocycles. The van der Waals surface area contributed by atoms with E-state index in [4.69, 9.17) is 9.47 Å². The highest BCUT2D eigenvalue weighted by atomic mass is 32.1. The van der Waals surface area contributed by atoms with Crippen LogP contribution >= 0.6 is 45.3 Å². The molecule has 154 valence electrons. The molecule has 4 aromatic heterocycles. The van der Waals surface area contributed by atoms with Gasteiger partial charge in [0.05, 0.1) is 44.9 Å². The van der Waals surface area contributed by atoms with E-state index in [2.05, 4.69) is 0 Å². The van der Waals surface area contributed by atoms with Crippen molar-refractivity contribution >= 4 is 57.3 Å². The Balaban J connectivity index is 1.76. The number of methoxy groups -OCH3 is 2. The summed E-state index contributed by atoms with van der Waals surface area (Å²) >= 11 is 4.69. The van der Waals surface area contributed by atoms with Gasteiger partial charge in [-0.3, -0.25) is 0 Å². The summed E-state index contributed by atoms with van der Waals surface area (Å²) in [4.78, 5) is 26.3. The monoisotopic (exact) mass is 482 g/mol. The van der Waals surface area contributed by atoms with Gasteiger partial charge in [-0.2, -0.15) is 0 Å². The minimum Gasteiger partial charge on any atom is -0.465 e. The van der Waals surface area contributed by atoms with Crippen LogP contribution in [0.25, 0.3) is 29.3 Å². The number of carbonyl (C=O) groups excluding carboxylic acids is 2. The van der Waals surface area contributed by atoms with Crippen molar-refractivity contribution in [1.82, 2.24) is 0 Å². The van der Waals surface area contributed by atoms with Gasteiger partial charge >= 0.3 is 11.9 Å². The lowest BCUT2D eigenvalue weighted by Crippen LogP contribution is -2.00. The van der Waals surface area contributed by atoms with E-state index >= 15 is 0 Å². The third-order valence-corrected chi connectivity index (χ3v) is 8.74. The molecule has 0 atom stereocenters. The first-order valence-corrected chi connectivity index (χ1v) is 11.7. The SMILES string of the molecule is COC(=O)c1ccsc1-c1cc(F)c(-c2sc(-c3sccc3C(=O)OC)cc2F)s1. The average molecular weight is 483 g/mol. The largest absolute Gasteiger partial charge is 0.465 e. The van der Waals surface area contributed by atoms with Gasteiger partial charge in [-0.25, -0.2) is 18.4 Å². The van der Waals surface area contributed by atoms with Crippen LogP contribution in [-0.2, 0) is 9.47 Å². The first-order valence-electron chi connectivity index (χ1n) is 8.36. The van der Waals surface area contributed by atoms with E-state index < -0.39 is 23.6 Å². The molecule has 0 aliphatic rings. The molecule has 0 amide bonds. The Hall–Kier alpha value is -2.40. The lowest BCUT2D eigenvalue weighted by molar-refractivity contribution is 0.0593. The Morgan fingerprint density at radius 1 is 0.733 bits per heavy atom. The number of thiophene rings is 4. The molecular weight excluding hydrogens is 470 g/mol. The van der Waals surface area contributed by atoms with E-state index in [0.29, 0.717) is 30.6 Å². The molecule has 30 heavy (non-hydrogen) atoms. The van der Waals surface area contributed by atoms with E-state index in [1.807, 2.05) is 0 Å². The van der Waals surface area contributed by atoms with Crippen molar-refractivity contribution in [2.75, 3.05) is 14.2 Å². The topological polar surface area (TPSA) is 52.6 Å². The molecule has 0 bridgehead atoms. The molecule has 0 radical (unpaired) electrons. The van der Waals surface area contributed by atoms with Crippen LogP contribution in [0.5, 0.6) is 0 Å². The van der Waals surface area contributed by atoms with Gasteiger partial charge in [0, 0.05) is 9.75 Å². The van der Waals surface area contributed by atoms with Crippen LogP contribution in [0.4, 0.5) is 8.78 Å². The number of rotatable bonds is 5. The lowest BCUT2D eigenvalue weighted by Gasteiger charge is -1.99. The van der Waals surface area contributed by atoms with Crippen LogP contribution in [0.15, 0.2) is 35.0 Å². The third kappa shape index (κ3) is 3.60. The number of esters is 2. The maximum atomic E-state index is 14.8. The second-order valence-electron chi connectivity index (χ2n) is 5.89. The van der Waals surface area contributed by atoms with Crippen LogP contribution in [-0.4, -0.2) is 26.2 Å². The van der Waals surface area contributed by atoms with Crippen molar-refractivity contribution in [2.45, 2.75) is 0 Å². The van der Waals surface area contributed by atoms with Gasteiger partial charge in [0.15, 0.2) is 0 Å². The van der Waals surface area contributed by atoms with Crippen molar-refractivity contribution in [3.63, 3.8) is 0 Å². The molecule has 0 unspecified atom stereocenters. The zero-order chi connectivity index (χ0) is 21.4. The highest BCUT2D eigenvalue weighted by Gasteiger charge is 2.24.